The van der Waals surface area contributed by atoms with Crippen molar-refractivity contribution >= 4 is 29.0 Å². The van der Waals surface area contributed by atoms with Crippen LogP contribution in [0.2, 0.25) is 0 Å². The highest BCUT2D eigenvalue weighted by Crippen LogP contribution is 2.26. The fourth-order valence-corrected chi connectivity index (χ4v) is 2.49. The summed E-state index contributed by atoms with van der Waals surface area (Å²) in [5, 5.41) is 16.9. The topological polar surface area (TPSA) is 84.3 Å². The number of nitro groups is 1. The lowest BCUT2D eigenvalue weighted by Crippen LogP contribution is -2.23. The maximum Gasteiger partial charge on any atom is 0.292 e. The molecule has 1 aromatic carbocycles. The number of nitrogens with one attached hydrogen (secondary N) is 2. The Morgan fingerprint density at radius 1 is 1.43 bits per heavy atom. The van der Waals surface area contributed by atoms with Crippen LogP contribution in [-0.2, 0) is 0 Å². The Labute approximate surface area is 128 Å². The molecule has 0 aromatic heterocycles. The lowest BCUT2D eigenvalue weighted by molar-refractivity contribution is -0.384. The fraction of sp³-hybridized carbons (Fsp3) is 0.500. The van der Waals surface area contributed by atoms with Gasteiger partial charge in [0.2, 0.25) is 0 Å². The summed E-state index contributed by atoms with van der Waals surface area (Å²) in [5.74, 6) is 1.61. The summed E-state index contributed by atoms with van der Waals surface area (Å²) in [6, 6.07) is 4.46. The minimum absolute atomic E-state index is 0.0172. The number of amides is 1. The highest BCUT2D eigenvalue weighted by atomic mass is 32.2. The Kier molecular flexibility index (Phi) is 7.01. The number of anilines is 1. The van der Waals surface area contributed by atoms with Crippen LogP contribution in [0, 0.1) is 10.1 Å². The van der Waals surface area contributed by atoms with Crippen LogP contribution < -0.4 is 10.6 Å². The Balaban J connectivity index is 2.98. The zero-order valence-electron chi connectivity index (χ0n) is 12.5. The first-order chi connectivity index (χ1) is 9.99. The van der Waals surface area contributed by atoms with Crippen molar-refractivity contribution in [3.8, 4) is 0 Å². The van der Waals surface area contributed by atoms with Crippen LogP contribution in [0.15, 0.2) is 18.2 Å². The predicted molar refractivity (Wildman–Crippen MR) is 87.2 cm³/mol. The average Bonchev–Trinajstić information content (AvgIpc) is 2.45. The zero-order valence-corrected chi connectivity index (χ0v) is 13.3. The largest absolute Gasteiger partial charge is 0.376 e. The van der Waals surface area contributed by atoms with E-state index in [4.69, 9.17) is 0 Å². The molecule has 0 saturated heterocycles. The molecule has 0 aliphatic carbocycles. The van der Waals surface area contributed by atoms with E-state index in [0.717, 1.165) is 11.5 Å². The molecule has 1 unspecified atom stereocenters. The normalized spacial score (nSPS) is 11.8. The van der Waals surface area contributed by atoms with E-state index in [1.54, 1.807) is 11.8 Å². The number of carbonyl (C=O) groups excluding carboxylic acids is 1. The maximum atomic E-state index is 11.8. The molecule has 116 valence electrons. The van der Waals surface area contributed by atoms with E-state index in [1.807, 2.05) is 13.8 Å². The third kappa shape index (κ3) is 5.26. The van der Waals surface area contributed by atoms with Crippen LogP contribution >= 0.6 is 11.8 Å². The Morgan fingerprint density at radius 2 is 2.14 bits per heavy atom. The smallest absolute Gasteiger partial charge is 0.292 e. The third-order valence-electron chi connectivity index (χ3n) is 2.77. The molecule has 1 amide bonds. The summed E-state index contributed by atoms with van der Waals surface area (Å²) < 4.78 is 0. The van der Waals surface area contributed by atoms with Crippen molar-refractivity contribution in [2.24, 2.45) is 0 Å². The maximum absolute atomic E-state index is 11.8. The minimum atomic E-state index is -0.441. The molecule has 1 rings (SSSR count). The summed E-state index contributed by atoms with van der Waals surface area (Å²) in [5.41, 5.74) is 0.782. The van der Waals surface area contributed by atoms with Gasteiger partial charge in [0, 0.05) is 30.0 Å². The van der Waals surface area contributed by atoms with E-state index in [0.29, 0.717) is 17.8 Å². The molecule has 2 N–H and O–H groups in total. The number of nitro benzene ring substituents is 1. The van der Waals surface area contributed by atoms with Crippen molar-refractivity contribution < 1.29 is 9.72 Å². The number of rotatable bonds is 8. The van der Waals surface area contributed by atoms with Crippen LogP contribution in [0.1, 0.15) is 31.1 Å². The van der Waals surface area contributed by atoms with Gasteiger partial charge in [-0.25, -0.2) is 0 Å². The first kappa shape index (κ1) is 17.3. The summed E-state index contributed by atoms with van der Waals surface area (Å²) in [6.45, 7) is 6.37. The molecule has 0 aliphatic heterocycles. The van der Waals surface area contributed by atoms with E-state index in [-0.39, 0.29) is 17.6 Å². The molecule has 0 spiro atoms. The van der Waals surface area contributed by atoms with Crippen LogP contribution in [0.3, 0.4) is 0 Å². The zero-order chi connectivity index (χ0) is 15.8. The third-order valence-corrected chi connectivity index (χ3v) is 3.91. The van der Waals surface area contributed by atoms with Crippen molar-refractivity contribution in [3.63, 3.8) is 0 Å². The first-order valence-electron chi connectivity index (χ1n) is 6.90. The Morgan fingerprint density at radius 3 is 2.71 bits per heavy atom. The van der Waals surface area contributed by atoms with Gasteiger partial charge in [0.05, 0.1) is 4.92 Å². The lowest BCUT2D eigenvalue weighted by atomic mass is 10.1. The molecular weight excluding hydrogens is 290 g/mol. The van der Waals surface area contributed by atoms with Crippen LogP contribution in [0.25, 0.3) is 0 Å². The molecule has 0 radical (unpaired) electrons. The number of hydrogen-bond acceptors (Lipinski definition) is 5. The van der Waals surface area contributed by atoms with E-state index in [9.17, 15) is 14.9 Å². The Bertz CT molecular complexity index is 508. The molecule has 0 fully saturated rings. The van der Waals surface area contributed by atoms with Gasteiger partial charge in [0.25, 0.3) is 11.6 Å². The fourth-order valence-electron chi connectivity index (χ4n) is 1.82. The first-order valence-corrected chi connectivity index (χ1v) is 8.06. The molecule has 21 heavy (non-hydrogen) atoms. The van der Waals surface area contributed by atoms with Gasteiger partial charge in [-0.15, -0.1) is 0 Å². The standard InChI is InChI=1S/C14H21N3O3S/c1-4-15-14(18)11-6-7-13(17(19)20)12(8-11)16-10(3)9-21-5-2/h6-8,10,16H,4-5,9H2,1-3H3,(H,15,18). The summed E-state index contributed by atoms with van der Waals surface area (Å²) in [7, 11) is 0. The highest BCUT2D eigenvalue weighted by molar-refractivity contribution is 7.99. The van der Waals surface area contributed by atoms with Crippen molar-refractivity contribution in [2.75, 3.05) is 23.4 Å². The average molecular weight is 311 g/mol. The molecule has 0 heterocycles. The second-order valence-corrected chi connectivity index (χ2v) is 5.87. The minimum Gasteiger partial charge on any atom is -0.376 e. The molecule has 6 nitrogen and oxygen atoms in total. The predicted octanol–water partition coefficient (Wildman–Crippen LogP) is 2.90. The highest BCUT2D eigenvalue weighted by Gasteiger charge is 2.18. The van der Waals surface area contributed by atoms with E-state index < -0.39 is 4.92 Å². The second kappa shape index (κ2) is 8.51. The van der Waals surface area contributed by atoms with Gasteiger partial charge in [-0.05, 0) is 31.7 Å². The Hall–Kier alpha value is -1.76. The monoisotopic (exact) mass is 311 g/mol. The van der Waals surface area contributed by atoms with Crippen molar-refractivity contribution in [1.82, 2.24) is 5.32 Å². The molecule has 1 aromatic rings. The lowest BCUT2D eigenvalue weighted by Gasteiger charge is -2.15. The molecule has 1 atom stereocenters. The number of hydrogen-bond donors (Lipinski definition) is 2. The van der Waals surface area contributed by atoms with Gasteiger partial charge in [0.15, 0.2) is 0 Å². The van der Waals surface area contributed by atoms with Crippen LogP contribution in [0.5, 0.6) is 0 Å². The summed E-state index contributed by atoms with van der Waals surface area (Å²) in [4.78, 5) is 22.5. The van der Waals surface area contributed by atoms with E-state index in [1.165, 1.54) is 18.2 Å². The van der Waals surface area contributed by atoms with Crippen molar-refractivity contribution in [1.29, 1.82) is 0 Å². The van der Waals surface area contributed by atoms with Gasteiger partial charge in [0.1, 0.15) is 5.69 Å². The van der Waals surface area contributed by atoms with E-state index in [2.05, 4.69) is 17.6 Å². The molecule has 0 saturated carbocycles. The molecule has 7 heteroatoms. The summed E-state index contributed by atoms with van der Waals surface area (Å²) >= 11 is 1.76. The van der Waals surface area contributed by atoms with E-state index >= 15 is 0 Å². The van der Waals surface area contributed by atoms with Gasteiger partial charge >= 0.3 is 0 Å². The van der Waals surface area contributed by atoms with Gasteiger partial charge in [-0.1, -0.05) is 6.92 Å². The quantitative estimate of drug-likeness (QED) is 0.569. The van der Waals surface area contributed by atoms with Gasteiger partial charge in [-0.3, -0.25) is 14.9 Å². The van der Waals surface area contributed by atoms with Crippen LogP contribution in [0.4, 0.5) is 11.4 Å². The second-order valence-electron chi connectivity index (χ2n) is 4.55. The summed E-state index contributed by atoms with van der Waals surface area (Å²) in [6.07, 6.45) is 0. The molecular formula is C14H21N3O3S. The SMILES string of the molecule is CCNC(=O)c1ccc([N+](=O)[O-])c(NC(C)CSCC)c1. The van der Waals surface area contributed by atoms with Crippen LogP contribution in [-0.4, -0.2) is 34.9 Å². The van der Waals surface area contributed by atoms with Gasteiger partial charge < -0.3 is 10.6 Å². The van der Waals surface area contributed by atoms with Gasteiger partial charge in [-0.2, -0.15) is 11.8 Å². The van der Waals surface area contributed by atoms with Crippen molar-refractivity contribution in [2.45, 2.75) is 26.8 Å². The number of benzene rings is 1. The number of carbonyl (C=O) groups is 1. The number of nitrogens with zero attached hydrogens (tertiary/aromatic N) is 1. The molecule has 0 bridgehead atoms. The van der Waals surface area contributed by atoms with Crippen molar-refractivity contribution in [3.05, 3.63) is 33.9 Å². The number of thioether (sulfide) groups is 1. The molecule has 0 aliphatic rings.